The minimum atomic E-state index is -0.565. The van der Waals surface area contributed by atoms with E-state index in [0.717, 1.165) is 44.6 Å². The molecule has 2 saturated heterocycles. The predicted octanol–water partition coefficient (Wildman–Crippen LogP) is 4.27. The van der Waals surface area contributed by atoms with Crippen LogP contribution in [0, 0.1) is 0 Å². The largest absolute Gasteiger partial charge is 0.494 e. The fourth-order valence-corrected chi connectivity index (χ4v) is 5.45. The molecule has 3 heterocycles. The Labute approximate surface area is 210 Å². The third-order valence-electron chi connectivity index (χ3n) is 7.29. The van der Waals surface area contributed by atoms with Crippen LogP contribution >= 0.6 is 0 Å². The zero-order valence-electron chi connectivity index (χ0n) is 21.9. The first-order valence-electron chi connectivity index (χ1n) is 13.6. The van der Waals surface area contributed by atoms with Gasteiger partial charge in [0.05, 0.1) is 6.61 Å². The van der Waals surface area contributed by atoms with Crippen molar-refractivity contribution in [3.63, 3.8) is 0 Å². The predicted molar refractivity (Wildman–Crippen MR) is 137 cm³/mol. The molecule has 0 aromatic heterocycles. The zero-order chi connectivity index (χ0) is 24.8. The molecule has 0 bridgehead atoms. The molecule has 35 heavy (non-hydrogen) atoms. The van der Waals surface area contributed by atoms with E-state index in [9.17, 15) is 9.59 Å². The summed E-state index contributed by atoms with van der Waals surface area (Å²) in [6.07, 6.45) is 7.87. The Morgan fingerprint density at radius 3 is 2.43 bits per heavy atom. The Balaban J connectivity index is 1.28. The Kier molecular flexibility index (Phi) is 8.58. The van der Waals surface area contributed by atoms with Crippen molar-refractivity contribution in [1.82, 2.24) is 14.7 Å². The van der Waals surface area contributed by atoms with Gasteiger partial charge in [0.15, 0.2) is 0 Å². The molecule has 1 aromatic carbocycles. The van der Waals surface area contributed by atoms with Gasteiger partial charge in [0, 0.05) is 26.2 Å². The molecule has 3 aliphatic heterocycles. The van der Waals surface area contributed by atoms with Crippen molar-refractivity contribution < 1.29 is 19.1 Å². The molecule has 7 nitrogen and oxygen atoms in total. The van der Waals surface area contributed by atoms with Crippen LogP contribution in [0.15, 0.2) is 18.2 Å². The zero-order valence-corrected chi connectivity index (χ0v) is 21.9. The Morgan fingerprint density at radius 1 is 0.943 bits per heavy atom. The van der Waals surface area contributed by atoms with Gasteiger partial charge in [0.25, 0.3) is 0 Å². The van der Waals surface area contributed by atoms with Crippen molar-refractivity contribution >= 4 is 12.0 Å². The fraction of sp³-hybridized carbons (Fsp3) is 0.714. The molecule has 194 valence electrons. The minimum absolute atomic E-state index is 0.0513. The summed E-state index contributed by atoms with van der Waals surface area (Å²) in [5.74, 6) is 0.976. The normalized spacial score (nSPS) is 21.4. The number of likely N-dealkylation sites (tertiary alicyclic amines) is 2. The summed E-state index contributed by atoms with van der Waals surface area (Å²) in [5.41, 5.74) is 1.99. The van der Waals surface area contributed by atoms with Crippen molar-refractivity contribution in [3.05, 3.63) is 29.3 Å². The van der Waals surface area contributed by atoms with E-state index in [0.29, 0.717) is 26.1 Å². The first-order valence-corrected chi connectivity index (χ1v) is 13.6. The highest BCUT2D eigenvalue weighted by Crippen LogP contribution is 2.26. The molecule has 1 atom stereocenters. The first-order chi connectivity index (χ1) is 16.8. The summed E-state index contributed by atoms with van der Waals surface area (Å²) >= 11 is 0. The van der Waals surface area contributed by atoms with E-state index in [-0.39, 0.29) is 12.0 Å². The number of hydrogen-bond donors (Lipinski definition) is 0. The summed E-state index contributed by atoms with van der Waals surface area (Å²) < 4.78 is 11.6. The third kappa shape index (κ3) is 7.12. The molecule has 0 spiro atoms. The van der Waals surface area contributed by atoms with Crippen LogP contribution in [0.1, 0.15) is 70.4 Å². The molecule has 0 radical (unpaired) electrons. The lowest BCUT2D eigenvalue weighted by molar-refractivity contribution is -0.135. The smallest absolute Gasteiger partial charge is 0.410 e. The van der Waals surface area contributed by atoms with E-state index in [4.69, 9.17) is 9.47 Å². The number of rotatable bonds is 6. The number of carbonyl (C=O) groups is 2. The van der Waals surface area contributed by atoms with Gasteiger partial charge in [-0.3, -0.25) is 9.69 Å². The van der Waals surface area contributed by atoms with E-state index in [1.165, 1.54) is 43.5 Å². The van der Waals surface area contributed by atoms with E-state index >= 15 is 0 Å². The first kappa shape index (κ1) is 25.8. The van der Waals surface area contributed by atoms with Gasteiger partial charge in [0.1, 0.15) is 17.4 Å². The molecule has 3 aliphatic rings. The monoisotopic (exact) mass is 485 g/mol. The lowest BCUT2D eigenvalue weighted by Gasteiger charge is -2.31. The number of piperidine rings is 1. The Morgan fingerprint density at radius 2 is 1.69 bits per heavy atom. The number of fused-ring (bicyclic) bond motifs is 1. The van der Waals surface area contributed by atoms with E-state index in [1.54, 1.807) is 4.90 Å². The molecule has 2 amide bonds. The quantitative estimate of drug-likeness (QED) is 0.563. The van der Waals surface area contributed by atoms with Gasteiger partial charge < -0.3 is 19.3 Å². The van der Waals surface area contributed by atoms with Crippen LogP contribution in [0.4, 0.5) is 4.79 Å². The van der Waals surface area contributed by atoms with Gasteiger partial charge in [-0.15, -0.1) is 0 Å². The second-order valence-electron chi connectivity index (χ2n) is 11.2. The van der Waals surface area contributed by atoms with Crippen LogP contribution in [-0.2, 0) is 22.4 Å². The average molecular weight is 486 g/mol. The van der Waals surface area contributed by atoms with Gasteiger partial charge in [-0.2, -0.15) is 0 Å². The molecule has 7 heteroatoms. The van der Waals surface area contributed by atoms with Crippen molar-refractivity contribution in [2.24, 2.45) is 0 Å². The second kappa shape index (κ2) is 11.6. The SMILES string of the molecule is CC(C)(C)OC(=O)N1CCC[C@H]1C(=O)N1CCc2ccc(OCCCN3CCCCC3)cc2CC1. The summed E-state index contributed by atoms with van der Waals surface area (Å²) in [6, 6.07) is 5.97. The molecular formula is C28H43N3O4. The average Bonchev–Trinajstić information content (AvgIpc) is 3.23. The van der Waals surface area contributed by atoms with Crippen LogP contribution < -0.4 is 4.74 Å². The molecule has 0 unspecified atom stereocenters. The maximum Gasteiger partial charge on any atom is 0.410 e. The molecular weight excluding hydrogens is 442 g/mol. The lowest BCUT2D eigenvalue weighted by Crippen LogP contribution is -2.49. The number of amides is 2. The molecule has 0 aliphatic carbocycles. The third-order valence-corrected chi connectivity index (χ3v) is 7.29. The van der Waals surface area contributed by atoms with E-state index in [2.05, 4.69) is 23.1 Å². The van der Waals surface area contributed by atoms with Crippen molar-refractivity contribution in [2.75, 3.05) is 45.9 Å². The van der Waals surface area contributed by atoms with Gasteiger partial charge in [-0.05, 0) is 102 Å². The summed E-state index contributed by atoms with van der Waals surface area (Å²) in [5, 5.41) is 0. The van der Waals surface area contributed by atoms with Crippen molar-refractivity contribution in [2.45, 2.75) is 83.8 Å². The van der Waals surface area contributed by atoms with E-state index < -0.39 is 11.6 Å². The van der Waals surface area contributed by atoms with Gasteiger partial charge in [-0.25, -0.2) is 4.79 Å². The molecule has 0 N–H and O–H groups in total. The van der Waals surface area contributed by atoms with E-state index in [1.807, 2.05) is 25.7 Å². The Bertz CT molecular complexity index is 875. The number of carbonyl (C=O) groups excluding carboxylic acids is 2. The highest BCUT2D eigenvalue weighted by Gasteiger charge is 2.38. The highest BCUT2D eigenvalue weighted by atomic mass is 16.6. The lowest BCUT2D eigenvalue weighted by atomic mass is 10.0. The molecule has 4 rings (SSSR count). The fourth-order valence-electron chi connectivity index (χ4n) is 5.45. The second-order valence-corrected chi connectivity index (χ2v) is 11.2. The Hall–Kier alpha value is -2.28. The van der Waals surface area contributed by atoms with Gasteiger partial charge >= 0.3 is 6.09 Å². The summed E-state index contributed by atoms with van der Waals surface area (Å²) in [7, 11) is 0. The number of nitrogens with zero attached hydrogens (tertiary/aromatic N) is 3. The molecule has 1 aromatic rings. The van der Waals surface area contributed by atoms with Crippen LogP contribution in [-0.4, -0.2) is 84.2 Å². The maximum atomic E-state index is 13.4. The van der Waals surface area contributed by atoms with Crippen LogP contribution in [0.3, 0.4) is 0 Å². The van der Waals surface area contributed by atoms with Crippen LogP contribution in [0.5, 0.6) is 5.75 Å². The van der Waals surface area contributed by atoms with Crippen LogP contribution in [0.2, 0.25) is 0 Å². The van der Waals surface area contributed by atoms with Gasteiger partial charge in [0.2, 0.25) is 5.91 Å². The number of hydrogen-bond acceptors (Lipinski definition) is 5. The van der Waals surface area contributed by atoms with Crippen LogP contribution in [0.25, 0.3) is 0 Å². The number of benzene rings is 1. The standard InChI is InChI=1S/C28H43N3O4/c1-28(2,3)35-27(33)31-17-7-9-25(31)26(32)30-18-12-22-10-11-24(21-23(22)13-19-30)34-20-8-16-29-14-5-4-6-15-29/h10-11,21,25H,4-9,12-20H2,1-3H3/t25-/m0/s1. The number of ether oxygens (including phenoxy) is 2. The molecule has 0 saturated carbocycles. The molecule has 2 fully saturated rings. The van der Waals surface area contributed by atoms with Crippen molar-refractivity contribution in [1.29, 1.82) is 0 Å². The maximum absolute atomic E-state index is 13.4. The minimum Gasteiger partial charge on any atom is -0.494 e. The van der Waals surface area contributed by atoms with Gasteiger partial charge in [-0.1, -0.05) is 12.5 Å². The summed E-state index contributed by atoms with van der Waals surface area (Å²) in [4.78, 5) is 32.2. The summed E-state index contributed by atoms with van der Waals surface area (Å²) in [6.45, 7) is 11.8. The highest BCUT2D eigenvalue weighted by molar-refractivity contribution is 5.86. The topological polar surface area (TPSA) is 62.3 Å². The van der Waals surface area contributed by atoms with Crippen molar-refractivity contribution in [3.8, 4) is 5.75 Å².